The zero-order chi connectivity index (χ0) is 20.0. The fraction of sp³-hybridized carbons (Fsp3) is 0.238. The summed E-state index contributed by atoms with van der Waals surface area (Å²) in [5, 5.41) is 4.00. The molecule has 0 unspecified atom stereocenters. The van der Waals surface area contributed by atoms with Crippen LogP contribution in [-0.2, 0) is 34.2 Å². The number of amides is 1. The number of pyridine rings is 1. The third-order valence-corrected chi connectivity index (χ3v) is 7.51. The second kappa shape index (κ2) is 7.05. The Bertz CT molecular complexity index is 1200. The van der Waals surface area contributed by atoms with Crippen molar-refractivity contribution in [2.24, 2.45) is 0 Å². The molecule has 0 saturated heterocycles. The first-order chi connectivity index (χ1) is 14.0. The lowest BCUT2D eigenvalue weighted by Gasteiger charge is -2.25. The van der Waals surface area contributed by atoms with Gasteiger partial charge in [-0.1, -0.05) is 0 Å². The molecule has 0 bridgehead atoms. The van der Waals surface area contributed by atoms with E-state index < -0.39 is 10.0 Å². The van der Waals surface area contributed by atoms with Crippen LogP contribution in [0.4, 0.5) is 5.69 Å². The molecule has 2 aliphatic rings. The van der Waals surface area contributed by atoms with Crippen molar-refractivity contribution in [3.63, 3.8) is 0 Å². The van der Waals surface area contributed by atoms with E-state index in [4.69, 9.17) is 0 Å². The van der Waals surface area contributed by atoms with Gasteiger partial charge in [0.2, 0.25) is 15.9 Å². The van der Waals surface area contributed by atoms with Crippen molar-refractivity contribution in [2.45, 2.75) is 30.7 Å². The highest BCUT2D eigenvalue weighted by Crippen LogP contribution is 2.38. The van der Waals surface area contributed by atoms with Crippen LogP contribution < -0.4 is 9.62 Å². The van der Waals surface area contributed by atoms with E-state index in [1.165, 1.54) is 0 Å². The first kappa shape index (κ1) is 18.5. The Labute approximate surface area is 173 Å². The average molecular weight is 426 g/mol. The number of benzene rings is 1. The van der Waals surface area contributed by atoms with Crippen LogP contribution in [0.15, 0.2) is 52.2 Å². The zero-order valence-electron chi connectivity index (χ0n) is 15.6. The van der Waals surface area contributed by atoms with Gasteiger partial charge in [0.25, 0.3) is 0 Å². The maximum absolute atomic E-state index is 12.9. The summed E-state index contributed by atoms with van der Waals surface area (Å²) in [7, 11) is -3.66. The minimum absolute atomic E-state index is 0.129. The molecule has 0 radical (unpaired) electrons. The molecule has 8 heteroatoms. The summed E-state index contributed by atoms with van der Waals surface area (Å²) in [6.07, 6.45) is 3.43. The van der Waals surface area contributed by atoms with Gasteiger partial charge < -0.3 is 4.90 Å². The molecular formula is C21H19N3O3S2. The lowest BCUT2D eigenvalue weighted by molar-refractivity contribution is -0.118. The van der Waals surface area contributed by atoms with Crippen molar-refractivity contribution in [2.75, 3.05) is 11.4 Å². The van der Waals surface area contributed by atoms with Crippen LogP contribution in [0.5, 0.6) is 0 Å². The molecule has 4 heterocycles. The molecule has 0 atom stereocenters. The molecule has 6 nitrogen and oxygen atoms in total. The second-order valence-corrected chi connectivity index (χ2v) is 9.82. The number of carbonyl (C=O) groups excluding carboxylic acids is 1. The van der Waals surface area contributed by atoms with E-state index in [-0.39, 0.29) is 17.3 Å². The van der Waals surface area contributed by atoms with Gasteiger partial charge in [-0.15, -0.1) is 0 Å². The maximum atomic E-state index is 12.9. The van der Waals surface area contributed by atoms with Crippen LogP contribution in [0, 0.1) is 0 Å². The average Bonchev–Trinajstić information content (AvgIpc) is 3.40. The topological polar surface area (TPSA) is 79.4 Å². The Morgan fingerprint density at radius 1 is 1.10 bits per heavy atom. The monoisotopic (exact) mass is 425 g/mol. The maximum Gasteiger partial charge on any atom is 0.240 e. The molecule has 2 aromatic heterocycles. The van der Waals surface area contributed by atoms with Gasteiger partial charge in [-0.3, -0.25) is 9.78 Å². The van der Waals surface area contributed by atoms with E-state index in [2.05, 4.69) is 9.71 Å². The molecule has 0 spiro atoms. The molecule has 148 valence electrons. The summed E-state index contributed by atoms with van der Waals surface area (Å²) in [4.78, 5) is 18.5. The fourth-order valence-electron chi connectivity index (χ4n) is 4.00. The number of aryl methyl sites for hydroxylation is 1. The predicted octanol–water partition coefficient (Wildman–Crippen LogP) is 3.12. The van der Waals surface area contributed by atoms with Crippen molar-refractivity contribution in [1.82, 2.24) is 9.71 Å². The van der Waals surface area contributed by atoms with Crippen molar-refractivity contribution in [1.29, 1.82) is 0 Å². The van der Waals surface area contributed by atoms with Crippen LogP contribution in [0.25, 0.3) is 11.3 Å². The largest absolute Gasteiger partial charge is 0.312 e. The van der Waals surface area contributed by atoms with E-state index in [0.717, 1.165) is 33.6 Å². The molecule has 0 aliphatic carbocycles. The minimum Gasteiger partial charge on any atom is -0.312 e. The lowest BCUT2D eigenvalue weighted by atomic mass is 10.00. The first-order valence-corrected chi connectivity index (χ1v) is 11.9. The summed E-state index contributed by atoms with van der Waals surface area (Å²) < 4.78 is 28.6. The van der Waals surface area contributed by atoms with Crippen LogP contribution in [-0.4, -0.2) is 25.9 Å². The molecule has 3 aromatic rings. The fourth-order valence-corrected chi connectivity index (χ4v) is 5.76. The summed E-state index contributed by atoms with van der Waals surface area (Å²) in [6.45, 7) is 0.833. The van der Waals surface area contributed by atoms with E-state index in [1.807, 2.05) is 29.0 Å². The highest BCUT2D eigenvalue weighted by Gasteiger charge is 2.32. The highest BCUT2D eigenvalue weighted by atomic mass is 32.2. The summed E-state index contributed by atoms with van der Waals surface area (Å²) >= 11 is 1.60. The van der Waals surface area contributed by atoms with Crippen molar-refractivity contribution in [3.8, 4) is 11.3 Å². The van der Waals surface area contributed by atoms with E-state index >= 15 is 0 Å². The van der Waals surface area contributed by atoms with Gasteiger partial charge in [-0.05, 0) is 65.2 Å². The van der Waals surface area contributed by atoms with E-state index in [1.54, 1.807) is 34.6 Å². The quantitative estimate of drug-likeness (QED) is 0.681. The zero-order valence-corrected chi connectivity index (χ0v) is 17.2. The Hall–Kier alpha value is -2.55. The lowest BCUT2D eigenvalue weighted by Crippen LogP contribution is -2.33. The number of anilines is 1. The number of aromatic nitrogens is 1. The minimum atomic E-state index is -3.66. The van der Waals surface area contributed by atoms with Crippen molar-refractivity contribution < 1.29 is 13.2 Å². The Morgan fingerprint density at radius 2 is 1.93 bits per heavy atom. The van der Waals surface area contributed by atoms with Crippen LogP contribution in [0.1, 0.15) is 23.1 Å². The SMILES string of the molecule is O=C1CCc2cc(S(=O)(=O)NCc3ccnc(-c4ccsc4)c3)cc3c2N1CC3. The number of rotatable bonds is 5. The van der Waals surface area contributed by atoms with Gasteiger partial charge in [0.15, 0.2) is 0 Å². The summed E-state index contributed by atoms with van der Waals surface area (Å²) in [5.41, 5.74) is 5.52. The Balaban J connectivity index is 1.39. The normalized spacial score (nSPS) is 15.6. The van der Waals surface area contributed by atoms with Gasteiger partial charge in [0.1, 0.15) is 0 Å². The Kier molecular flexibility index (Phi) is 4.49. The van der Waals surface area contributed by atoms with Crippen molar-refractivity contribution >= 4 is 33.0 Å². The molecule has 0 fully saturated rings. The van der Waals surface area contributed by atoms with Crippen LogP contribution >= 0.6 is 11.3 Å². The third-order valence-electron chi connectivity index (χ3n) is 5.44. The van der Waals surface area contributed by atoms with Gasteiger partial charge >= 0.3 is 0 Å². The number of carbonyl (C=O) groups is 1. The van der Waals surface area contributed by atoms with Crippen molar-refractivity contribution in [3.05, 3.63) is 64.0 Å². The summed E-state index contributed by atoms with van der Waals surface area (Å²) in [6, 6.07) is 9.14. The number of sulfonamides is 1. The van der Waals surface area contributed by atoms with E-state index in [0.29, 0.717) is 25.8 Å². The molecule has 1 aromatic carbocycles. The highest BCUT2D eigenvalue weighted by molar-refractivity contribution is 7.89. The molecular weight excluding hydrogens is 406 g/mol. The standard InChI is InChI=1S/C21H19N3O3S2/c25-20-2-1-15-10-18(11-16-4-7-24(20)21(15)16)29(26,27)23-12-14-3-6-22-19(9-14)17-5-8-28-13-17/h3,5-6,8-11,13,23H,1-2,4,7,12H2. The summed E-state index contributed by atoms with van der Waals surface area (Å²) in [5.74, 6) is 0.129. The Morgan fingerprint density at radius 3 is 2.72 bits per heavy atom. The van der Waals surface area contributed by atoms with Gasteiger partial charge in [0, 0.05) is 36.7 Å². The smallest absolute Gasteiger partial charge is 0.240 e. The number of nitrogens with zero attached hydrogens (tertiary/aromatic N) is 2. The number of hydrogen-bond acceptors (Lipinski definition) is 5. The van der Waals surface area contributed by atoms with Crippen LogP contribution in [0.2, 0.25) is 0 Å². The first-order valence-electron chi connectivity index (χ1n) is 9.44. The molecule has 29 heavy (non-hydrogen) atoms. The molecule has 0 saturated carbocycles. The second-order valence-electron chi connectivity index (χ2n) is 7.27. The number of nitrogens with one attached hydrogen (secondary N) is 1. The van der Waals surface area contributed by atoms with Gasteiger partial charge in [0.05, 0.1) is 16.3 Å². The molecule has 1 N–H and O–H groups in total. The molecule has 1 amide bonds. The van der Waals surface area contributed by atoms with Gasteiger partial charge in [-0.2, -0.15) is 11.3 Å². The predicted molar refractivity (Wildman–Crippen MR) is 112 cm³/mol. The third kappa shape index (κ3) is 3.37. The molecule has 2 aliphatic heterocycles. The van der Waals surface area contributed by atoms with Gasteiger partial charge in [-0.25, -0.2) is 13.1 Å². The number of thiophene rings is 1. The van der Waals surface area contributed by atoms with E-state index in [9.17, 15) is 13.2 Å². The van der Waals surface area contributed by atoms with Crippen LogP contribution in [0.3, 0.4) is 0 Å². The molecule has 5 rings (SSSR count). The number of hydrogen-bond donors (Lipinski definition) is 1.